The Morgan fingerprint density at radius 2 is 2.00 bits per heavy atom. The molecule has 0 spiro atoms. The number of hydrogen-bond donors (Lipinski definition) is 1. The zero-order valence-electron chi connectivity index (χ0n) is 10.5. The van der Waals surface area contributed by atoms with Crippen LogP contribution in [-0.4, -0.2) is 30.6 Å². The Labute approximate surface area is 109 Å². The first-order valence-electron chi connectivity index (χ1n) is 6.15. The summed E-state index contributed by atoms with van der Waals surface area (Å²) in [6.07, 6.45) is 0.742. The lowest BCUT2D eigenvalue weighted by Gasteiger charge is -2.39. The first kappa shape index (κ1) is 13.7. The monoisotopic (exact) mass is 271 g/mol. The number of hydrogen-bond acceptors (Lipinski definition) is 4. The van der Waals surface area contributed by atoms with Crippen LogP contribution in [0.5, 0.6) is 0 Å². The summed E-state index contributed by atoms with van der Waals surface area (Å²) < 4.78 is 27.9. The molecule has 1 fully saturated rings. The molecule has 0 radical (unpaired) electrons. The van der Waals surface area contributed by atoms with Gasteiger partial charge in [0.1, 0.15) is 5.69 Å². The van der Waals surface area contributed by atoms with E-state index in [0.29, 0.717) is 19.6 Å². The van der Waals surface area contributed by atoms with Crippen LogP contribution in [0, 0.1) is 21.7 Å². The average Bonchev–Trinajstić information content (AvgIpc) is 2.25. The van der Waals surface area contributed by atoms with Crippen LogP contribution in [0.1, 0.15) is 13.3 Å². The maximum atomic E-state index is 14.0. The van der Waals surface area contributed by atoms with Gasteiger partial charge in [-0.05, 0) is 6.42 Å². The van der Waals surface area contributed by atoms with E-state index in [9.17, 15) is 18.9 Å². The molecule has 2 rings (SSSR count). The van der Waals surface area contributed by atoms with E-state index in [0.717, 1.165) is 18.6 Å². The van der Waals surface area contributed by atoms with Crippen molar-refractivity contribution in [3.05, 3.63) is 33.9 Å². The van der Waals surface area contributed by atoms with E-state index in [-0.39, 0.29) is 11.7 Å². The summed E-state index contributed by atoms with van der Waals surface area (Å²) in [7, 11) is 0. The zero-order chi connectivity index (χ0) is 14.0. The maximum absolute atomic E-state index is 14.0. The minimum Gasteiger partial charge on any atom is -0.361 e. The molecule has 1 aliphatic rings. The fraction of sp³-hybridized carbons (Fsp3) is 0.500. The predicted octanol–water partition coefficient (Wildman–Crippen LogP) is 2.06. The first-order valence-corrected chi connectivity index (χ1v) is 6.15. The summed E-state index contributed by atoms with van der Waals surface area (Å²) >= 11 is 0. The molecule has 0 bridgehead atoms. The summed E-state index contributed by atoms with van der Waals surface area (Å²) in [6, 6.07) is 1.57. The lowest BCUT2D eigenvalue weighted by Crippen LogP contribution is -2.58. The van der Waals surface area contributed by atoms with Gasteiger partial charge in [0.2, 0.25) is 0 Å². The molecular formula is C12H15F2N3O2. The van der Waals surface area contributed by atoms with Crippen LogP contribution in [0.2, 0.25) is 0 Å². The topological polar surface area (TPSA) is 58.4 Å². The molecule has 0 atom stereocenters. The van der Waals surface area contributed by atoms with Crippen molar-refractivity contribution in [2.24, 2.45) is 0 Å². The van der Waals surface area contributed by atoms with Crippen LogP contribution in [0.4, 0.5) is 20.2 Å². The van der Waals surface area contributed by atoms with Gasteiger partial charge in [-0.15, -0.1) is 0 Å². The molecule has 7 heteroatoms. The van der Waals surface area contributed by atoms with Crippen molar-refractivity contribution in [3.8, 4) is 0 Å². The fourth-order valence-corrected chi connectivity index (χ4v) is 2.14. The van der Waals surface area contributed by atoms with Crippen LogP contribution >= 0.6 is 0 Å². The van der Waals surface area contributed by atoms with Gasteiger partial charge in [-0.1, -0.05) is 6.92 Å². The van der Waals surface area contributed by atoms with Crippen molar-refractivity contribution >= 4 is 11.4 Å². The molecule has 0 aliphatic carbocycles. The smallest absolute Gasteiger partial charge is 0.275 e. The highest BCUT2D eigenvalue weighted by atomic mass is 19.1. The van der Waals surface area contributed by atoms with Crippen molar-refractivity contribution in [3.63, 3.8) is 0 Å². The fourth-order valence-electron chi connectivity index (χ4n) is 2.14. The SMILES string of the molecule is CCCN(c1c(F)cc([N+](=O)[O-])cc1F)C1CNC1. The number of nitrogens with one attached hydrogen (secondary N) is 1. The molecule has 1 aromatic rings. The highest BCUT2D eigenvalue weighted by Gasteiger charge is 2.29. The second kappa shape index (κ2) is 5.48. The van der Waals surface area contributed by atoms with E-state index in [2.05, 4.69) is 5.32 Å². The molecule has 0 amide bonds. The van der Waals surface area contributed by atoms with Gasteiger partial charge in [-0.3, -0.25) is 10.1 Å². The second-order valence-corrected chi connectivity index (χ2v) is 4.52. The molecular weight excluding hydrogens is 256 g/mol. The first-order chi connectivity index (χ1) is 9.04. The van der Waals surface area contributed by atoms with E-state index in [1.54, 1.807) is 4.90 Å². The number of halogens is 2. The van der Waals surface area contributed by atoms with Gasteiger partial charge in [-0.25, -0.2) is 8.78 Å². The third-order valence-electron chi connectivity index (χ3n) is 3.16. The van der Waals surface area contributed by atoms with Crippen molar-refractivity contribution < 1.29 is 13.7 Å². The number of nitro groups is 1. The molecule has 19 heavy (non-hydrogen) atoms. The molecule has 1 saturated heterocycles. The van der Waals surface area contributed by atoms with Crippen molar-refractivity contribution in [2.45, 2.75) is 19.4 Å². The Morgan fingerprint density at radius 3 is 2.37 bits per heavy atom. The van der Waals surface area contributed by atoms with E-state index in [4.69, 9.17) is 0 Å². The van der Waals surface area contributed by atoms with Crippen LogP contribution in [0.3, 0.4) is 0 Å². The van der Waals surface area contributed by atoms with Gasteiger partial charge >= 0.3 is 0 Å². The van der Waals surface area contributed by atoms with Crippen molar-refractivity contribution in [1.82, 2.24) is 5.32 Å². The summed E-state index contributed by atoms with van der Waals surface area (Å²) in [5.41, 5.74) is -0.735. The number of nitrogens with zero attached hydrogens (tertiary/aromatic N) is 2. The molecule has 0 unspecified atom stereocenters. The molecule has 0 aromatic heterocycles. The Balaban J connectivity index is 2.38. The third-order valence-corrected chi connectivity index (χ3v) is 3.16. The average molecular weight is 271 g/mol. The summed E-state index contributed by atoms with van der Waals surface area (Å²) in [6.45, 7) is 3.75. The van der Waals surface area contributed by atoms with Crippen molar-refractivity contribution in [1.29, 1.82) is 0 Å². The van der Waals surface area contributed by atoms with E-state index in [1.165, 1.54) is 0 Å². The van der Waals surface area contributed by atoms with Gasteiger partial charge in [0.15, 0.2) is 11.6 Å². The minimum atomic E-state index is -0.882. The Morgan fingerprint density at radius 1 is 1.42 bits per heavy atom. The van der Waals surface area contributed by atoms with Crippen LogP contribution in [-0.2, 0) is 0 Å². The lowest BCUT2D eigenvalue weighted by atomic mass is 10.1. The van der Waals surface area contributed by atoms with E-state index >= 15 is 0 Å². The van der Waals surface area contributed by atoms with Gasteiger partial charge in [0, 0.05) is 19.6 Å². The number of non-ortho nitro benzene ring substituents is 1. The highest BCUT2D eigenvalue weighted by Crippen LogP contribution is 2.30. The van der Waals surface area contributed by atoms with Crippen molar-refractivity contribution in [2.75, 3.05) is 24.5 Å². The zero-order valence-corrected chi connectivity index (χ0v) is 10.5. The number of benzene rings is 1. The normalized spacial score (nSPS) is 15.1. The van der Waals surface area contributed by atoms with Crippen LogP contribution in [0.25, 0.3) is 0 Å². The quantitative estimate of drug-likeness (QED) is 0.658. The highest BCUT2D eigenvalue weighted by molar-refractivity contribution is 5.55. The standard InChI is InChI=1S/C12H15F2N3O2/c1-2-3-16(9-6-15-7-9)12-10(13)4-8(17(18)19)5-11(12)14/h4-5,9,15H,2-3,6-7H2,1H3. The second-order valence-electron chi connectivity index (χ2n) is 4.52. The van der Waals surface area contributed by atoms with Crippen LogP contribution in [0.15, 0.2) is 12.1 Å². The predicted molar refractivity (Wildman–Crippen MR) is 67.3 cm³/mol. The molecule has 0 saturated carbocycles. The summed E-state index contributed by atoms with van der Waals surface area (Å²) in [5, 5.41) is 13.6. The largest absolute Gasteiger partial charge is 0.361 e. The Hall–Kier alpha value is -1.76. The lowest BCUT2D eigenvalue weighted by molar-refractivity contribution is -0.385. The number of rotatable bonds is 5. The van der Waals surface area contributed by atoms with E-state index in [1.807, 2.05) is 6.92 Å². The molecule has 1 heterocycles. The number of nitro benzene ring substituents is 1. The molecule has 1 aromatic carbocycles. The molecule has 104 valence electrons. The third kappa shape index (κ3) is 2.65. The van der Waals surface area contributed by atoms with Gasteiger partial charge in [0.05, 0.1) is 23.1 Å². The maximum Gasteiger partial charge on any atom is 0.275 e. The summed E-state index contributed by atoms with van der Waals surface area (Å²) in [5.74, 6) is -1.76. The van der Waals surface area contributed by atoms with E-state index < -0.39 is 22.2 Å². The van der Waals surface area contributed by atoms with Crippen LogP contribution < -0.4 is 10.2 Å². The molecule has 5 nitrogen and oxygen atoms in total. The van der Waals surface area contributed by atoms with Gasteiger partial charge < -0.3 is 10.2 Å². The minimum absolute atomic E-state index is 0.0328. The molecule has 1 aliphatic heterocycles. The summed E-state index contributed by atoms with van der Waals surface area (Å²) in [4.78, 5) is 11.4. The molecule has 1 N–H and O–H groups in total. The Kier molecular flexibility index (Phi) is 3.94. The number of anilines is 1. The van der Waals surface area contributed by atoms with Gasteiger partial charge in [0.25, 0.3) is 5.69 Å². The Bertz CT molecular complexity index is 469. The van der Waals surface area contributed by atoms with Gasteiger partial charge in [-0.2, -0.15) is 0 Å².